The van der Waals surface area contributed by atoms with Crippen LogP contribution in [0.5, 0.6) is 11.5 Å². The number of benzene rings is 2. The number of rotatable bonds is 5. The van der Waals surface area contributed by atoms with E-state index >= 15 is 0 Å². The van der Waals surface area contributed by atoms with Gasteiger partial charge in [-0.1, -0.05) is 42.5 Å². The molecule has 134 valence electrons. The maximum Gasteiger partial charge on any atom is 0.151 e. The Balaban J connectivity index is 1.93. The average Bonchev–Trinajstić information content (AvgIpc) is 2.74. The Kier molecular flexibility index (Phi) is 4.58. The first-order valence-corrected chi connectivity index (χ1v) is 8.65. The van der Waals surface area contributed by atoms with E-state index in [4.69, 9.17) is 4.74 Å². The van der Waals surface area contributed by atoms with Gasteiger partial charge in [-0.2, -0.15) is 0 Å². The maximum atomic E-state index is 11.1. The van der Waals surface area contributed by atoms with Crippen LogP contribution in [-0.2, 0) is 0 Å². The number of aromatic nitrogens is 2. The molecule has 0 saturated carbocycles. The van der Waals surface area contributed by atoms with Gasteiger partial charge in [0.1, 0.15) is 17.1 Å². The summed E-state index contributed by atoms with van der Waals surface area (Å²) < 4.78 is 5.63. The number of anilines is 1. The van der Waals surface area contributed by atoms with Gasteiger partial charge >= 0.3 is 0 Å². The Hall–Kier alpha value is -3.60. The minimum Gasteiger partial charge on any atom is -0.505 e. The molecule has 2 aromatic heterocycles. The molecule has 0 spiro atoms. The highest BCUT2D eigenvalue weighted by molar-refractivity contribution is 5.88. The van der Waals surface area contributed by atoms with Gasteiger partial charge in [0.25, 0.3) is 0 Å². The van der Waals surface area contributed by atoms with Crippen molar-refractivity contribution in [2.24, 2.45) is 0 Å². The normalized spacial score (nSPS) is 11.9. The minimum atomic E-state index is -0.359. The summed E-state index contributed by atoms with van der Waals surface area (Å²) in [6.07, 6.45) is 3.39. The van der Waals surface area contributed by atoms with E-state index < -0.39 is 0 Å². The van der Waals surface area contributed by atoms with Crippen molar-refractivity contribution in [1.29, 1.82) is 0 Å². The van der Waals surface area contributed by atoms with E-state index in [0.717, 1.165) is 10.9 Å². The molecule has 0 amide bonds. The number of aromatic hydroxyl groups is 1. The van der Waals surface area contributed by atoms with Crippen LogP contribution in [0.15, 0.2) is 79.1 Å². The quantitative estimate of drug-likeness (QED) is 0.549. The number of phenolic OH excluding ortho intramolecular Hbond substituents is 1. The first kappa shape index (κ1) is 16.8. The third-order valence-electron chi connectivity index (χ3n) is 4.47. The van der Waals surface area contributed by atoms with Crippen molar-refractivity contribution in [2.75, 3.05) is 12.4 Å². The number of pyridine rings is 2. The third-order valence-corrected chi connectivity index (χ3v) is 4.47. The molecular weight excluding hydrogens is 338 g/mol. The van der Waals surface area contributed by atoms with Crippen molar-refractivity contribution >= 4 is 16.7 Å². The summed E-state index contributed by atoms with van der Waals surface area (Å²) in [5.74, 6) is 1.39. The van der Waals surface area contributed by atoms with Crippen LogP contribution in [-0.4, -0.2) is 22.2 Å². The van der Waals surface area contributed by atoms with E-state index in [2.05, 4.69) is 15.3 Å². The Labute approximate surface area is 157 Å². The number of hydrogen-bond donors (Lipinski definition) is 2. The Bertz CT molecular complexity index is 1050. The van der Waals surface area contributed by atoms with Crippen LogP contribution in [0.25, 0.3) is 10.9 Å². The number of phenols is 1. The molecule has 5 heteroatoms. The Morgan fingerprint density at radius 3 is 2.44 bits per heavy atom. The monoisotopic (exact) mass is 357 g/mol. The molecule has 1 atom stereocenters. The first-order chi connectivity index (χ1) is 13.3. The zero-order valence-corrected chi connectivity index (χ0v) is 14.8. The third kappa shape index (κ3) is 3.27. The molecule has 5 nitrogen and oxygen atoms in total. The summed E-state index contributed by atoms with van der Waals surface area (Å²) in [6.45, 7) is 0. The molecule has 4 rings (SSSR count). The fourth-order valence-corrected chi connectivity index (χ4v) is 3.21. The second-order valence-electron chi connectivity index (χ2n) is 6.12. The van der Waals surface area contributed by atoms with Crippen LogP contribution in [0.1, 0.15) is 17.2 Å². The number of methoxy groups -OCH3 is 1. The summed E-state index contributed by atoms with van der Waals surface area (Å²) >= 11 is 0. The largest absolute Gasteiger partial charge is 0.505 e. The lowest BCUT2D eigenvalue weighted by molar-refractivity contribution is 0.400. The molecule has 0 aliphatic heterocycles. The fourth-order valence-electron chi connectivity index (χ4n) is 3.21. The van der Waals surface area contributed by atoms with E-state index in [1.807, 2.05) is 66.7 Å². The maximum absolute atomic E-state index is 11.1. The molecule has 0 bridgehead atoms. The minimum absolute atomic E-state index is 0.0993. The zero-order chi connectivity index (χ0) is 18.6. The highest BCUT2D eigenvalue weighted by atomic mass is 16.5. The summed E-state index contributed by atoms with van der Waals surface area (Å²) in [4.78, 5) is 8.72. The van der Waals surface area contributed by atoms with Crippen molar-refractivity contribution in [3.8, 4) is 11.5 Å². The molecular formula is C22H19N3O2. The van der Waals surface area contributed by atoms with Gasteiger partial charge in [-0.3, -0.25) is 4.98 Å². The Morgan fingerprint density at radius 2 is 1.70 bits per heavy atom. The van der Waals surface area contributed by atoms with Gasteiger partial charge in [0.15, 0.2) is 5.75 Å². The lowest BCUT2D eigenvalue weighted by Gasteiger charge is -2.24. The fraction of sp³-hybridized carbons (Fsp3) is 0.0909. The highest BCUT2D eigenvalue weighted by Gasteiger charge is 2.25. The molecule has 2 N–H and O–H groups in total. The van der Waals surface area contributed by atoms with Crippen molar-refractivity contribution in [3.05, 3.63) is 90.3 Å². The van der Waals surface area contributed by atoms with Crippen molar-refractivity contribution in [1.82, 2.24) is 9.97 Å². The standard InChI is InChI=1S/C22H19N3O2/c1-27-17-14-16-10-7-13-24-21(16)22(26)19(17)20(15-8-3-2-4-9-15)25-18-11-5-6-12-23-18/h2-14,20,26H,1H3,(H,23,25). The predicted octanol–water partition coefficient (Wildman–Crippen LogP) is 4.55. The van der Waals surface area contributed by atoms with Crippen LogP contribution >= 0.6 is 0 Å². The lowest BCUT2D eigenvalue weighted by atomic mass is 9.95. The van der Waals surface area contributed by atoms with Gasteiger partial charge in [0, 0.05) is 17.8 Å². The molecule has 0 saturated heterocycles. The molecule has 0 aliphatic rings. The van der Waals surface area contributed by atoms with Gasteiger partial charge in [0.2, 0.25) is 0 Å². The highest BCUT2D eigenvalue weighted by Crippen LogP contribution is 2.42. The van der Waals surface area contributed by atoms with Crippen molar-refractivity contribution in [2.45, 2.75) is 6.04 Å². The smallest absolute Gasteiger partial charge is 0.151 e. The number of nitrogens with zero attached hydrogens (tertiary/aromatic N) is 2. The molecule has 0 fully saturated rings. The van der Waals surface area contributed by atoms with E-state index in [0.29, 0.717) is 22.6 Å². The SMILES string of the molecule is COc1cc2cccnc2c(O)c1C(Nc1ccccn1)c1ccccc1. The van der Waals surface area contributed by atoms with E-state index in [9.17, 15) is 5.11 Å². The molecule has 0 radical (unpaired) electrons. The van der Waals surface area contributed by atoms with Crippen LogP contribution in [0, 0.1) is 0 Å². The average molecular weight is 357 g/mol. The first-order valence-electron chi connectivity index (χ1n) is 8.65. The molecule has 4 aromatic rings. The number of ether oxygens (including phenoxy) is 1. The van der Waals surface area contributed by atoms with Crippen LogP contribution in [0.3, 0.4) is 0 Å². The number of hydrogen-bond acceptors (Lipinski definition) is 5. The predicted molar refractivity (Wildman–Crippen MR) is 106 cm³/mol. The van der Waals surface area contributed by atoms with E-state index in [-0.39, 0.29) is 11.8 Å². The molecule has 1 unspecified atom stereocenters. The zero-order valence-electron chi connectivity index (χ0n) is 14.8. The van der Waals surface area contributed by atoms with Crippen LogP contribution in [0.4, 0.5) is 5.82 Å². The molecule has 27 heavy (non-hydrogen) atoms. The van der Waals surface area contributed by atoms with Gasteiger partial charge in [-0.05, 0) is 29.8 Å². The Morgan fingerprint density at radius 1 is 0.926 bits per heavy atom. The molecule has 0 aliphatic carbocycles. The van der Waals surface area contributed by atoms with Crippen molar-refractivity contribution in [3.63, 3.8) is 0 Å². The van der Waals surface area contributed by atoms with Gasteiger partial charge in [0.05, 0.1) is 18.7 Å². The van der Waals surface area contributed by atoms with Crippen LogP contribution in [0.2, 0.25) is 0 Å². The lowest BCUT2D eigenvalue weighted by Crippen LogP contribution is -2.15. The molecule has 2 aromatic carbocycles. The molecule has 2 heterocycles. The summed E-state index contributed by atoms with van der Waals surface area (Å²) in [6, 6.07) is 20.8. The van der Waals surface area contributed by atoms with Crippen LogP contribution < -0.4 is 10.1 Å². The van der Waals surface area contributed by atoms with E-state index in [1.54, 1.807) is 19.5 Å². The number of nitrogens with one attached hydrogen (secondary N) is 1. The van der Waals surface area contributed by atoms with E-state index in [1.165, 1.54) is 0 Å². The van der Waals surface area contributed by atoms with Gasteiger partial charge in [-0.15, -0.1) is 0 Å². The van der Waals surface area contributed by atoms with Gasteiger partial charge < -0.3 is 15.2 Å². The second-order valence-corrected chi connectivity index (χ2v) is 6.12. The summed E-state index contributed by atoms with van der Waals surface area (Å²) in [7, 11) is 1.60. The van der Waals surface area contributed by atoms with Crippen molar-refractivity contribution < 1.29 is 9.84 Å². The van der Waals surface area contributed by atoms with Gasteiger partial charge in [-0.25, -0.2) is 4.98 Å². The second kappa shape index (κ2) is 7.33. The topological polar surface area (TPSA) is 67.3 Å². The summed E-state index contributed by atoms with van der Waals surface area (Å²) in [5.41, 5.74) is 2.14. The summed E-state index contributed by atoms with van der Waals surface area (Å²) in [5, 5.41) is 15.3. The number of fused-ring (bicyclic) bond motifs is 1.